The Morgan fingerprint density at radius 2 is 1.97 bits per heavy atom. The normalized spacial score (nSPS) is 16.6. The second-order valence-electron chi connectivity index (χ2n) is 8.56. The number of nitrogens with zero attached hydrogens (tertiary/aromatic N) is 4. The summed E-state index contributed by atoms with van der Waals surface area (Å²) < 4.78 is 3.29. The van der Waals surface area contributed by atoms with Crippen molar-refractivity contribution in [3.63, 3.8) is 0 Å². The van der Waals surface area contributed by atoms with Gasteiger partial charge in [0, 0.05) is 18.9 Å². The van der Waals surface area contributed by atoms with Gasteiger partial charge in [0.1, 0.15) is 0 Å². The number of hydrogen-bond donors (Lipinski definition) is 0. The smallest absolute Gasteiger partial charge is 0.243 e. The number of para-hydroxylation sites is 1. The molecule has 4 aromatic rings. The fourth-order valence-electron chi connectivity index (χ4n) is 4.65. The fraction of sp³-hybridized carbons (Fsp3) is 0.308. The van der Waals surface area contributed by atoms with Crippen LogP contribution in [0.25, 0.3) is 10.2 Å². The Labute approximate surface area is 192 Å². The molecular formula is C26H28N4OS. The van der Waals surface area contributed by atoms with E-state index in [0.717, 1.165) is 45.9 Å². The molecule has 1 atom stereocenters. The van der Waals surface area contributed by atoms with E-state index in [0.29, 0.717) is 13.1 Å². The Morgan fingerprint density at radius 1 is 1.12 bits per heavy atom. The summed E-state index contributed by atoms with van der Waals surface area (Å²) in [6, 6.07) is 20.9. The second-order valence-corrected chi connectivity index (χ2v) is 9.57. The quantitative estimate of drug-likeness (QED) is 0.404. The number of carbonyl (C=O) groups is 1. The van der Waals surface area contributed by atoms with Gasteiger partial charge in [0.25, 0.3) is 0 Å². The van der Waals surface area contributed by atoms with Crippen molar-refractivity contribution in [2.24, 2.45) is 7.05 Å². The molecule has 164 valence electrons. The molecule has 0 spiro atoms. The first-order chi connectivity index (χ1) is 15.6. The lowest BCUT2D eigenvalue weighted by atomic mass is 10.1. The third-order valence-electron chi connectivity index (χ3n) is 6.35. The Morgan fingerprint density at radius 3 is 2.72 bits per heavy atom. The van der Waals surface area contributed by atoms with Crippen LogP contribution in [0, 0.1) is 6.92 Å². The number of benzene rings is 2. The lowest BCUT2D eigenvalue weighted by molar-refractivity contribution is -0.120. The molecule has 1 fully saturated rings. The van der Waals surface area contributed by atoms with Gasteiger partial charge in [0.15, 0.2) is 5.13 Å². The van der Waals surface area contributed by atoms with Crippen LogP contribution in [0.2, 0.25) is 0 Å². The summed E-state index contributed by atoms with van der Waals surface area (Å²) in [4.78, 5) is 22.8. The summed E-state index contributed by atoms with van der Waals surface area (Å²) in [7, 11) is 2.08. The van der Waals surface area contributed by atoms with Gasteiger partial charge in [-0.25, -0.2) is 4.98 Å². The Hall–Kier alpha value is -2.96. The first-order valence-corrected chi connectivity index (χ1v) is 12.0. The molecule has 0 unspecified atom stereocenters. The van der Waals surface area contributed by atoms with Gasteiger partial charge in [-0.2, -0.15) is 0 Å². The molecule has 1 amide bonds. The fourth-order valence-corrected chi connectivity index (χ4v) is 5.71. The summed E-state index contributed by atoms with van der Waals surface area (Å²) in [5.74, 6) is 0.103. The van der Waals surface area contributed by atoms with Crippen LogP contribution in [0.1, 0.15) is 35.7 Å². The molecule has 2 aromatic carbocycles. The highest BCUT2D eigenvalue weighted by Crippen LogP contribution is 2.34. The zero-order valence-corrected chi connectivity index (χ0v) is 19.4. The van der Waals surface area contributed by atoms with Crippen molar-refractivity contribution in [3.05, 3.63) is 83.7 Å². The van der Waals surface area contributed by atoms with Gasteiger partial charge < -0.3 is 4.57 Å². The number of aryl methyl sites for hydroxylation is 2. The summed E-state index contributed by atoms with van der Waals surface area (Å²) >= 11 is 1.60. The van der Waals surface area contributed by atoms with Crippen molar-refractivity contribution in [2.75, 3.05) is 18.0 Å². The molecule has 3 heterocycles. The SMILES string of the molecule is Cc1cccc2sc(N(Cc3ccccc3)C(=O)CN3CCC[C@H]3c3cccn3C)nc12. The van der Waals surface area contributed by atoms with E-state index in [9.17, 15) is 4.79 Å². The van der Waals surface area contributed by atoms with Gasteiger partial charge in [0.05, 0.1) is 29.3 Å². The minimum Gasteiger partial charge on any atom is -0.353 e. The predicted octanol–water partition coefficient (Wildman–Crippen LogP) is 5.31. The second kappa shape index (κ2) is 8.88. The first kappa shape index (κ1) is 20.9. The molecule has 0 N–H and O–H groups in total. The summed E-state index contributed by atoms with van der Waals surface area (Å²) in [5, 5.41) is 0.776. The molecule has 6 heteroatoms. The summed E-state index contributed by atoms with van der Waals surface area (Å²) in [6.07, 6.45) is 4.28. The number of likely N-dealkylation sites (tertiary alicyclic amines) is 1. The molecular weight excluding hydrogens is 416 g/mol. The maximum absolute atomic E-state index is 13.7. The number of anilines is 1. The number of fused-ring (bicyclic) bond motifs is 1. The molecule has 5 nitrogen and oxygen atoms in total. The molecule has 2 aromatic heterocycles. The molecule has 1 aliphatic rings. The van der Waals surface area contributed by atoms with Gasteiger partial charge in [-0.3, -0.25) is 14.6 Å². The highest BCUT2D eigenvalue weighted by atomic mass is 32.1. The lowest BCUT2D eigenvalue weighted by Gasteiger charge is -2.28. The van der Waals surface area contributed by atoms with E-state index in [1.54, 1.807) is 11.3 Å². The van der Waals surface area contributed by atoms with E-state index in [2.05, 4.69) is 72.1 Å². The van der Waals surface area contributed by atoms with Crippen LogP contribution < -0.4 is 4.90 Å². The number of rotatable bonds is 6. The van der Waals surface area contributed by atoms with Crippen LogP contribution >= 0.6 is 11.3 Å². The minimum atomic E-state index is 0.103. The van der Waals surface area contributed by atoms with Crippen molar-refractivity contribution >= 4 is 32.6 Å². The Kier molecular flexibility index (Phi) is 5.81. The summed E-state index contributed by atoms with van der Waals surface area (Å²) in [6.45, 7) is 3.95. The van der Waals surface area contributed by atoms with Crippen LogP contribution in [0.15, 0.2) is 66.9 Å². The van der Waals surface area contributed by atoms with E-state index < -0.39 is 0 Å². The van der Waals surface area contributed by atoms with Crippen molar-refractivity contribution < 1.29 is 4.79 Å². The van der Waals surface area contributed by atoms with Crippen LogP contribution in [-0.2, 0) is 18.4 Å². The van der Waals surface area contributed by atoms with Gasteiger partial charge in [-0.1, -0.05) is 53.8 Å². The molecule has 1 aliphatic heterocycles. The maximum Gasteiger partial charge on any atom is 0.243 e. The molecule has 0 radical (unpaired) electrons. The predicted molar refractivity (Wildman–Crippen MR) is 131 cm³/mol. The molecule has 0 saturated carbocycles. The molecule has 0 aliphatic carbocycles. The average Bonchev–Trinajstić information content (AvgIpc) is 3.52. The van der Waals surface area contributed by atoms with Crippen LogP contribution in [0.5, 0.6) is 0 Å². The average molecular weight is 445 g/mol. The van der Waals surface area contributed by atoms with Crippen molar-refractivity contribution in [3.8, 4) is 0 Å². The van der Waals surface area contributed by atoms with Gasteiger partial charge in [-0.05, 0) is 55.6 Å². The molecule has 1 saturated heterocycles. The third kappa shape index (κ3) is 4.08. The highest BCUT2D eigenvalue weighted by molar-refractivity contribution is 7.22. The van der Waals surface area contributed by atoms with E-state index in [1.807, 2.05) is 23.1 Å². The standard InChI is InChI=1S/C26H28N4OS/c1-19-9-6-14-23-25(19)27-26(32-23)30(17-20-10-4-3-5-11-20)24(31)18-29-16-8-13-22(29)21-12-7-15-28(21)2/h3-7,9-12,14-15,22H,8,13,16-18H2,1-2H3/t22-/m0/s1. The molecule has 5 rings (SSSR count). The topological polar surface area (TPSA) is 41.4 Å². The van der Waals surface area contributed by atoms with E-state index in [-0.39, 0.29) is 11.9 Å². The molecule has 32 heavy (non-hydrogen) atoms. The van der Waals surface area contributed by atoms with Crippen molar-refractivity contribution in [1.82, 2.24) is 14.5 Å². The lowest BCUT2D eigenvalue weighted by Crippen LogP contribution is -2.40. The number of carbonyl (C=O) groups excluding carboxylic acids is 1. The first-order valence-electron chi connectivity index (χ1n) is 11.2. The van der Waals surface area contributed by atoms with E-state index in [4.69, 9.17) is 4.98 Å². The van der Waals surface area contributed by atoms with Crippen LogP contribution in [-0.4, -0.2) is 33.4 Å². The zero-order chi connectivity index (χ0) is 22.1. The number of thiazole rings is 1. The third-order valence-corrected chi connectivity index (χ3v) is 7.40. The minimum absolute atomic E-state index is 0.103. The van der Waals surface area contributed by atoms with Crippen molar-refractivity contribution in [2.45, 2.75) is 32.4 Å². The highest BCUT2D eigenvalue weighted by Gasteiger charge is 2.31. The van der Waals surface area contributed by atoms with Crippen LogP contribution in [0.3, 0.4) is 0 Å². The van der Waals surface area contributed by atoms with Gasteiger partial charge in [-0.15, -0.1) is 0 Å². The molecule has 0 bridgehead atoms. The number of hydrogen-bond acceptors (Lipinski definition) is 4. The largest absolute Gasteiger partial charge is 0.353 e. The number of aromatic nitrogens is 2. The van der Waals surface area contributed by atoms with Gasteiger partial charge >= 0.3 is 0 Å². The van der Waals surface area contributed by atoms with E-state index in [1.165, 1.54) is 5.69 Å². The maximum atomic E-state index is 13.7. The van der Waals surface area contributed by atoms with Gasteiger partial charge in [0.2, 0.25) is 5.91 Å². The number of amides is 1. The summed E-state index contributed by atoms with van der Waals surface area (Å²) in [5.41, 5.74) is 4.51. The zero-order valence-electron chi connectivity index (χ0n) is 18.6. The Balaban J connectivity index is 1.45. The van der Waals surface area contributed by atoms with Crippen molar-refractivity contribution in [1.29, 1.82) is 0 Å². The van der Waals surface area contributed by atoms with Crippen LogP contribution in [0.4, 0.5) is 5.13 Å². The Bertz CT molecular complexity index is 1230. The van der Waals surface area contributed by atoms with E-state index >= 15 is 0 Å². The monoisotopic (exact) mass is 444 g/mol.